The summed E-state index contributed by atoms with van der Waals surface area (Å²) in [5.74, 6) is 1.27. The van der Waals surface area contributed by atoms with Crippen molar-refractivity contribution in [3.63, 3.8) is 0 Å². The zero-order valence-corrected chi connectivity index (χ0v) is 16.2. The summed E-state index contributed by atoms with van der Waals surface area (Å²) in [6.45, 7) is 3.46. The van der Waals surface area contributed by atoms with Crippen LogP contribution in [0.15, 0.2) is 29.3 Å². The normalized spacial score (nSPS) is 19.0. The van der Waals surface area contributed by atoms with Crippen molar-refractivity contribution in [3.05, 3.63) is 35.4 Å². The van der Waals surface area contributed by atoms with Crippen LogP contribution >= 0.6 is 24.0 Å². The summed E-state index contributed by atoms with van der Waals surface area (Å²) in [6.07, 6.45) is -3.13. The molecule has 0 aromatic heterocycles. The number of halogens is 4. The van der Waals surface area contributed by atoms with Crippen LogP contribution in [0.1, 0.15) is 17.5 Å². The Balaban J connectivity index is 0.00000288. The highest BCUT2D eigenvalue weighted by atomic mass is 127. The third kappa shape index (κ3) is 6.46. The topological polar surface area (TPSA) is 39.7 Å². The first-order chi connectivity index (χ1) is 10.9. The average molecular weight is 456 g/mol. The molecular formula is C16H24F3IN4. The van der Waals surface area contributed by atoms with E-state index in [0.717, 1.165) is 37.3 Å². The van der Waals surface area contributed by atoms with E-state index in [1.807, 2.05) is 0 Å². The van der Waals surface area contributed by atoms with Gasteiger partial charge in [-0.1, -0.05) is 12.1 Å². The van der Waals surface area contributed by atoms with E-state index in [-0.39, 0.29) is 24.0 Å². The summed E-state index contributed by atoms with van der Waals surface area (Å²) in [5, 5.41) is 6.39. The minimum absolute atomic E-state index is 0. The fourth-order valence-corrected chi connectivity index (χ4v) is 2.65. The van der Waals surface area contributed by atoms with Gasteiger partial charge >= 0.3 is 6.18 Å². The molecule has 0 amide bonds. The van der Waals surface area contributed by atoms with Crippen molar-refractivity contribution < 1.29 is 13.2 Å². The Morgan fingerprint density at radius 1 is 1.25 bits per heavy atom. The van der Waals surface area contributed by atoms with Crippen molar-refractivity contribution in [3.8, 4) is 0 Å². The third-order valence-corrected chi connectivity index (χ3v) is 4.01. The average Bonchev–Trinajstić information content (AvgIpc) is 2.92. The lowest BCUT2D eigenvalue weighted by molar-refractivity contribution is -0.137. The Morgan fingerprint density at radius 3 is 2.42 bits per heavy atom. The van der Waals surface area contributed by atoms with Gasteiger partial charge in [-0.25, -0.2) is 0 Å². The van der Waals surface area contributed by atoms with Gasteiger partial charge in [0.1, 0.15) is 0 Å². The molecule has 1 saturated heterocycles. The summed E-state index contributed by atoms with van der Waals surface area (Å²) >= 11 is 0. The van der Waals surface area contributed by atoms with Crippen LogP contribution in [0.4, 0.5) is 13.2 Å². The monoisotopic (exact) mass is 456 g/mol. The van der Waals surface area contributed by atoms with E-state index in [2.05, 4.69) is 27.6 Å². The molecule has 24 heavy (non-hydrogen) atoms. The van der Waals surface area contributed by atoms with E-state index in [9.17, 15) is 13.2 Å². The maximum absolute atomic E-state index is 12.5. The molecule has 8 heteroatoms. The van der Waals surface area contributed by atoms with Gasteiger partial charge in [0.15, 0.2) is 5.96 Å². The minimum Gasteiger partial charge on any atom is -0.356 e. The predicted octanol–water partition coefficient (Wildman–Crippen LogP) is 2.94. The Labute approximate surface area is 157 Å². The first kappa shape index (κ1) is 21.0. The van der Waals surface area contributed by atoms with Crippen molar-refractivity contribution in [2.24, 2.45) is 10.9 Å². The molecule has 0 aliphatic carbocycles. The summed E-state index contributed by atoms with van der Waals surface area (Å²) in [7, 11) is 3.79. The quantitative estimate of drug-likeness (QED) is 0.416. The van der Waals surface area contributed by atoms with Crippen LogP contribution in [-0.4, -0.2) is 44.6 Å². The molecule has 1 aliphatic rings. The lowest BCUT2D eigenvalue weighted by Gasteiger charge is -2.15. The van der Waals surface area contributed by atoms with Gasteiger partial charge in [-0.2, -0.15) is 13.2 Å². The maximum atomic E-state index is 12.5. The standard InChI is InChI=1S/C16H23F3N4.HI/c1-20-15(22-10-13-7-8-23(2)11-13)21-9-12-3-5-14(6-4-12)16(17,18)19;/h3-6,13H,7-11H2,1-2H3,(H2,20,21,22);1H. The van der Waals surface area contributed by atoms with Crippen LogP contribution in [0.2, 0.25) is 0 Å². The van der Waals surface area contributed by atoms with Gasteiger partial charge in [0, 0.05) is 26.7 Å². The third-order valence-electron chi connectivity index (χ3n) is 4.01. The first-order valence-corrected chi connectivity index (χ1v) is 7.67. The predicted molar refractivity (Wildman–Crippen MR) is 101 cm³/mol. The van der Waals surface area contributed by atoms with Crippen LogP contribution < -0.4 is 10.6 Å². The van der Waals surface area contributed by atoms with Crippen LogP contribution in [0.25, 0.3) is 0 Å². The van der Waals surface area contributed by atoms with E-state index in [4.69, 9.17) is 0 Å². The van der Waals surface area contributed by atoms with Crippen molar-refractivity contribution >= 4 is 29.9 Å². The Morgan fingerprint density at radius 2 is 1.92 bits per heavy atom. The molecule has 1 aliphatic heterocycles. The minimum atomic E-state index is -4.29. The van der Waals surface area contributed by atoms with Crippen LogP contribution in [0, 0.1) is 5.92 Å². The molecule has 0 bridgehead atoms. The smallest absolute Gasteiger partial charge is 0.356 e. The second kappa shape index (κ2) is 9.45. The molecule has 0 spiro atoms. The van der Waals surface area contributed by atoms with Gasteiger partial charge < -0.3 is 15.5 Å². The number of aliphatic imine (C=N–C) groups is 1. The lowest BCUT2D eigenvalue weighted by Crippen LogP contribution is -2.39. The van der Waals surface area contributed by atoms with Crippen molar-refractivity contribution in [2.45, 2.75) is 19.1 Å². The van der Waals surface area contributed by atoms with Gasteiger partial charge in [0.25, 0.3) is 0 Å². The fraction of sp³-hybridized carbons (Fsp3) is 0.562. The van der Waals surface area contributed by atoms with Crippen LogP contribution in [0.5, 0.6) is 0 Å². The highest BCUT2D eigenvalue weighted by molar-refractivity contribution is 14.0. The lowest BCUT2D eigenvalue weighted by atomic mass is 10.1. The zero-order valence-electron chi connectivity index (χ0n) is 13.9. The molecule has 1 atom stereocenters. The van der Waals surface area contributed by atoms with E-state index >= 15 is 0 Å². The van der Waals surface area contributed by atoms with E-state index in [0.29, 0.717) is 18.4 Å². The number of nitrogens with one attached hydrogen (secondary N) is 2. The van der Waals surface area contributed by atoms with Crippen molar-refractivity contribution in [2.75, 3.05) is 33.7 Å². The zero-order chi connectivity index (χ0) is 16.9. The highest BCUT2D eigenvalue weighted by Crippen LogP contribution is 2.29. The Bertz CT molecular complexity index is 531. The second-order valence-electron chi connectivity index (χ2n) is 5.92. The number of benzene rings is 1. The second-order valence-corrected chi connectivity index (χ2v) is 5.92. The van der Waals surface area contributed by atoms with Crippen molar-refractivity contribution in [1.29, 1.82) is 0 Å². The van der Waals surface area contributed by atoms with Gasteiger partial charge in [0.05, 0.1) is 5.56 Å². The SMILES string of the molecule is CN=C(NCc1ccc(C(F)(F)F)cc1)NCC1CCN(C)C1.I. The molecule has 1 aromatic carbocycles. The molecule has 2 rings (SSSR count). The summed E-state index contributed by atoms with van der Waals surface area (Å²) in [4.78, 5) is 6.44. The number of rotatable bonds is 4. The first-order valence-electron chi connectivity index (χ1n) is 7.67. The maximum Gasteiger partial charge on any atom is 0.416 e. The van der Waals surface area contributed by atoms with Gasteiger partial charge in [0.2, 0.25) is 0 Å². The largest absolute Gasteiger partial charge is 0.416 e. The van der Waals surface area contributed by atoms with Crippen LogP contribution in [0.3, 0.4) is 0 Å². The molecule has 136 valence electrons. The fourth-order valence-electron chi connectivity index (χ4n) is 2.65. The van der Waals surface area contributed by atoms with Crippen LogP contribution in [-0.2, 0) is 12.7 Å². The molecule has 0 saturated carbocycles. The number of hydrogen-bond acceptors (Lipinski definition) is 2. The van der Waals surface area contributed by atoms with Crippen molar-refractivity contribution in [1.82, 2.24) is 15.5 Å². The van der Waals surface area contributed by atoms with E-state index in [1.54, 1.807) is 7.05 Å². The number of hydrogen-bond donors (Lipinski definition) is 2. The number of alkyl halides is 3. The summed E-state index contributed by atoms with van der Waals surface area (Å²) in [5.41, 5.74) is 0.149. The molecule has 0 radical (unpaired) electrons. The van der Waals surface area contributed by atoms with E-state index < -0.39 is 11.7 Å². The molecule has 4 nitrogen and oxygen atoms in total. The molecule has 1 aromatic rings. The Hall–Kier alpha value is -1.03. The Kier molecular flexibility index (Phi) is 8.28. The van der Waals surface area contributed by atoms with E-state index in [1.165, 1.54) is 18.6 Å². The molecule has 1 heterocycles. The van der Waals surface area contributed by atoms with Gasteiger partial charge in [-0.05, 0) is 43.6 Å². The number of guanidine groups is 1. The van der Waals surface area contributed by atoms with Gasteiger partial charge in [-0.3, -0.25) is 4.99 Å². The number of nitrogens with zero attached hydrogens (tertiary/aromatic N) is 2. The molecular weight excluding hydrogens is 432 g/mol. The summed E-state index contributed by atoms with van der Waals surface area (Å²) < 4.78 is 37.5. The molecule has 2 N–H and O–H groups in total. The molecule has 1 unspecified atom stereocenters. The number of likely N-dealkylation sites (tertiary alicyclic amines) is 1. The molecule has 1 fully saturated rings. The highest BCUT2D eigenvalue weighted by Gasteiger charge is 2.29. The van der Waals surface area contributed by atoms with Gasteiger partial charge in [-0.15, -0.1) is 24.0 Å². The summed E-state index contributed by atoms with van der Waals surface area (Å²) in [6, 6.07) is 5.16.